The highest BCUT2D eigenvalue weighted by Gasteiger charge is 2.15. The minimum Gasteiger partial charge on any atom is -0.507 e. The predicted octanol–water partition coefficient (Wildman–Crippen LogP) is 5.09. The first-order chi connectivity index (χ1) is 14.0. The summed E-state index contributed by atoms with van der Waals surface area (Å²) in [5, 5.41) is 10.4. The van der Waals surface area contributed by atoms with Gasteiger partial charge in [-0.3, -0.25) is 14.6 Å². The number of rotatable bonds is 8. The van der Waals surface area contributed by atoms with Crippen molar-refractivity contribution in [3.8, 4) is 11.5 Å². The third-order valence-corrected chi connectivity index (χ3v) is 5.32. The number of Topliss-reactive ketones (excluding diaryl/α,β-unsaturated/α-hetero) is 1. The van der Waals surface area contributed by atoms with Gasteiger partial charge in [0.25, 0.3) is 0 Å². The average molecular weight is 407 g/mol. The molecule has 3 rings (SSSR count). The Balaban J connectivity index is 1.75. The van der Waals surface area contributed by atoms with E-state index in [2.05, 4.69) is 4.98 Å². The van der Waals surface area contributed by atoms with E-state index in [0.29, 0.717) is 35.5 Å². The third kappa shape index (κ3) is 5.03. The van der Waals surface area contributed by atoms with Crippen molar-refractivity contribution in [1.82, 2.24) is 4.98 Å². The predicted molar refractivity (Wildman–Crippen MR) is 112 cm³/mol. The van der Waals surface area contributed by atoms with Crippen LogP contribution in [0.25, 0.3) is 0 Å². The van der Waals surface area contributed by atoms with E-state index in [4.69, 9.17) is 4.74 Å². The Morgan fingerprint density at radius 3 is 2.72 bits per heavy atom. The van der Waals surface area contributed by atoms with E-state index in [9.17, 15) is 14.7 Å². The Hall–Kier alpha value is -3.12. The van der Waals surface area contributed by atoms with Crippen molar-refractivity contribution >= 4 is 23.8 Å². The lowest BCUT2D eigenvalue weighted by molar-refractivity contribution is 0.101. The molecule has 0 fully saturated rings. The van der Waals surface area contributed by atoms with E-state index in [1.165, 1.54) is 24.9 Å². The summed E-state index contributed by atoms with van der Waals surface area (Å²) in [6.45, 7) is 3.66. The van der Waals surface area contributed by atoms with E-state index < -0.39 is 0 Å². The lowest BCUT2D eigenvalue weighted by Gasteiger charge is -2.14. The number of carbonyl (C=O) groups is 2. The Kier molecular flexibility index (Phi) is 6.67. The van der Waals surface area contributed by atoms with Gasteiger partial charge >= 0.3 is 0 Å². The lowest BCUT2D eigenvalue weighted by atomic mass is 10.0. The minimum atomic E-state index is -0.179. The third-order valence-electron chi connectivity index (χ3n) is 4.37. The number of hydrogen-bond donors (Lipinski definition) is 1. The number of aromatic nitrogens is 1. The second-order valence-corrected chi connectivity index (χ2v) is 7.61. The molecule has 0 aliphatic rings. The van der Waals surface area contributed by atoms with E-state index in [1.54, 1.807) is 24.4 Å². The molecular formula is C23H21NO4S. The highest BCUT2D eigenvalue weighted by Crippen LogP contribution is 2.33. The second kappa shape index (κ2) is 9.39. The van der Waals surface area contributed by atoms with Crippen LogP contribution < -0.4 is 4.74 Å². The molecule has 3 aromatic rings. The summed E-state index contributed by atoms with van der Waals surface area (Å²) in [6, 6.07) is 13.0. The SMILES string of the molecule is CCc1c(OCc2cccc(Sc3cncc(C=O)c3)c2)ccc(C(C)=O)c1O. The molecule has 0 atom stereocenters. The van der Waals surface area contributed by atoms with Crippen LogP contribution in [0.3, 0.4) is 0 Å². The molecule has 148 valence electrons. The van der Waals surface area contributed by atoms with Crippen LogP contribution in [0.1, 0.15) is 45.7 Å². The first kappa shape index (κ1) is 20.6. The van der Waals surface area contributed by atoms with Crippen molar-refractivity contribution in [1.29, 1.82) is 0 Å². The van der Waals surface area contributed by atoms with Crippen LogP contribution in [-0.2, 0) is 13.0 Å². The summed E-state index contributed by atoms with van der Waals surface area (Å²) in [6.07, 6.45) is 4.57. The number of phenolic OH excluding ortho intramolecular Hbond substituents is 1. The summed E-state index contributed by atoms with van der Waals surface area (Å²) in [5.74, 6) is 0.377. The molecule has 5 nitrogen and oxygen atoms in total. The number of benzene rings is 2. The number of ether oxygens (including phenoxy) is 1. The Morgan fingerprint density at radius 2 is 2.00 bits per heavy atom. The molecule has 1 heterocycles. The van der Waals surface area contributed by atoms with Gasteiger partial charge in [-0.15, -0.1) is 0 Å². The number of carbonyl (C=O) groups excluding carboxylic acids is 2. The maximum absolute atomic E-state index is 11.6. The van der Waals surface area contributed by atoms with Gasteiger partial charge in [0.15, 0.2) is 12.1 Å². The molecule has 0 saturated heterocycles. The number of ketones is 1. The molecule has 1 aromatic heterocycles. The summed E-state index contributed by atoms with van der Waals surface area (Å²) in [5.41, 5.74) is 2.43. The molecular weight excluding hydrogens is 386 g/mol. The zero-order valence-electron chi connectivity index (χ0n) is 16.2. The van der Waals surface area contributed by atoms with E-state index in [1.807, 2.05) is 31.2 Å². The first-order valence-electron chi connectivity index (χ1n) is 9.17. The molecule has 0 unspecified atom stereocenters. The second-order valence-electron chi connectivity index (χ2n) is 6.46. The highest BCUT2D eigenvalue weighted by atomic mass is 32.2. The molecule has 0 aliphatic heterocycles. The van der Waals surface area contributed by atoms with Gasteiger partial charge in [-0.2, -0.15) is 0 Å². The van der Waals surface area contributed by atoms with Crippen molar-refractivity contribution in [2.45, 2.75) is 36.7 Å². The van der Waals surface area contributed by atoms with Gasteiger partial charge in [0.05, 0.1) is 5.56 Å². The largest absolute Gasteiger partial charge is 0.507 e. The van der Waals surface area contributed by atoms with Gasteiger partial charge in [-0.1, -0.05) is 30.8 Å². The van der Waals surface area contributed by atoms with Crippen molar-refractivity contribution in [2.75, 3.05) is 0 Å². The van der Waals surface area contributed by atoms with Crippen molar-refractivity contribution in [2.24, 2.45) is 0 Å². The standard InChI is InChI=1S/C23H21NO4S/c1-3-20-22(8-7-21(15(2)26)23(20)27)28-14-16-5-4-6-18(9-16)29-19-10-17(13-25)11-24-12-19/h4-13,27H,3,14H2,1-2H3. The van der Waals surface area contributed by atoms with Crippen molar-refractivity contribution in [3.63, 3.8) is 0 Å². The fourth-order valence-electron chi connectivity index (χ4n) is 2.93. The van der Waals surface area contributed by atoms with E-state index >= 15 is 0 Å². The fourth-order valence-corrected chi connectivity index (χ4v) is 3.87. The summed E-state index contributed by atoms with van der Waals surface area (Å²) in [7, 11) is 0. The van der Waals surface area contributed by atoms with Crippen molar-refractivity contribution < 1.29 is 19.4 Å². The molecule has 0 amide bonds. The maximum atomic E-state index is 11.6. The van der Waals surface area contributed by atoms with Crippen LogP contribution in [0, 0.1) is 0 Å². The lowest BCUT2D eigenvalue weighted by Crippen LogP contribution is -2.02. The topological polar surface area (TPSA) is 76.5 Å². The Bertz CT molecular complexity index is 1050. The molecule has 0 radical (unpaired) electrons. The van der Waals surface area contributed by atoms with Crippen LogP contribution in [0.15, 0.2) is 64.6 Å². The van der Waals surface area contributed by atoms with Crippen LogP contribution >= 0.6 is 11.8 Å². The zero-order chi connectivity index (χ0) is 20.8. The number of pyridine rings is 1. The quantitative estimate of drug-likeness (QED) is 0.414. The number of aldehydes is 1. The molecule has 2 aromatic carbocycles. The van der Waals surface area contributed by atoms with Gasteiger partial charge in [-0.05, 0) is 49.2 Å². The maximum Gasteiger partial charge on any atom is 0.163 e. The number of nitrogens with zero attached hydrogens (tertiary/aromatic N) is 1. The molecule has 0 aliphatic carbocycles. The average Bonchev–Trinajstić information content (AvgIpc) is 2.72. The fraction of sp³-hybridized carbons (Fsp3) is 0.174. The first-order valence-corrected chi connectivity index (χ1v) is 9.99. The molecule has 6 heteroatoms. The molecule has 0 bridgehead atoms. The zero-order valence-corrected chi connectivity index (χ0v) is 17.0. The molecule has 0 spiro atoms. The van der Waals surface area contributed by atoms with Gasteiger partial charge in [0.1, 0.15) is 18.1 Å². The minimum absolute atomic E-state index is 0.00985. The van der Waals surface area contributed by atoms with Crippen LogP contribution in [0.4, 0.5) is 0 Å². The molecule has 0 saturated carbocycles. The Labute approximate surface area is 173 Å². The molecule has 1 N–H and O–H groups in total. The number of phenols is 1. The van der Waals surface area contributed by atoms with Crippen LogP contribution in [0.2, 0.25) is 0 Å². The monoisotopic (exact) mass is 407 g/mol. The Morgan fingerprint density at radius 1 is 1.17 bits per heavy atom. The normalized spacial score (nSPS) is 10.6. The van der Waals surface area contributed by atoms with Crippen LogP contribution in [-0.4, -0.2) is 22.2 Å². The van der Waals surface area contributed by atoms with Gasteiger partial charge in [-0.25, -0.2) is 0 Å². The van der Waals surface area contributed by atoms with Crippen LogP contribution in [0.5, 0.6) is 11.5 Å². The summed E-state index contributed by atoms with van der Waals surface area (Å²) in [4.78, 5) is 28.5. The number of aromatic hydroxyl groups is 1. The van der Waals surface area contributed by atoms with Crippen molar-refractivity contribution in [3.05, 3.63) is 77.1 Å². The highest BCUT2D eigenvalue weighted by molar-refractivity contribution is 7.99. The summed E-state index contributed by atoms with van der Waals surface area (Å²) >= 11 is 1.51. The van der Waals surface area contributed by atoms with E-state index in [0.717, 1.165) is 21.6 Å². The van der Waals surface area contributed by atoms with Gasteiger partial charge < -0.3 is 9.84 Å². The van der Waals surface area contributed by atoms with E-state index in [-0.39, 0.29) is 11.5 Å². The van der Waals surface area contributed by atoms with Gasteiger partial charge in [0, 0.05) is 33.3 Å². The molecule has 29 heavy (non-hydrogen) atoms. The number of hydrogen-bond acceptors (Lipinski definition) is 6. The summed E-state index contributed by atoms with van der Waals surface area (Å²) < 4.78 is 5.93. The smallest absolute Gasteiger partial charge is 0.163 e. The van der Waals surface area contributed by atoms with Gasteiger partial charge in [0.2, 0.25) is 0 Å².